The number of rotatable bonds is 5. The van der Waals surface area contributed by atoms with E-state index in [1.807, 2.05) is 24.3 Å². The van der Waals surface area contributed by atoms with Gasteiger partial charge in [0.25, 0.3) is 0 Å². The minimum Gasteiger partial charge on any atom is -0.389 e. The number of hydrogen-bond donors (Lipinski definition) is 2. The lowest BCUT2D eigenvalue weighted by atomic mass is 10.1. The Morgan fingerprint density at radius 1 is 1.24 bits per heavy atom. The molecular formula is C15H13BrClFN2S. The summed E-state index contributed by atoms with van der Waals surface area (Å²) in [5.74, 6) is -0.392. The van der Waals surface area contributed by atoms with Crippen LogP contribution in [-0.4, -0.2) is 11.5 Å². The Balaban J connectivity index is 2.02. The van der Waals surface area contributed by atoms with Gasteiger partial charge in [-0.05, 0) is 52.2 Å². The standard InChI is InChI=1S/C15H13BrClFN2S/c16-13-11(15(19)21)5-6-12(14(13)18)20-8-7-9-1-3-10(17)4-2-9/h1-6,20H,7-8H2,(H2,19,21). The minimum atomic E-state index is -0.392. The highest BCUT2D eigenvalue weighted by molar-refractivity contribution is 9.10. The Morgan fingerprint density at radius 2 is 1.90 bits per heavy atom. The van der Waals surface area contributed by atoms with Crippen molar-refractivity contribution in [2.75, 3.05) is 11.9 Å². The maximum absolute atomic E-state index is 14.2. The molecule has 0 aromatic heterocycles. The summed E-state index contributed by atoms with van der Waals surface area (Å²) >= 11 is 13.9. The molecule has 0 atom stereocenters. The van der Waals surface area contributed by atoms with Gasteiger partial charge in [-0.1, -0.05) is 36.0 Å². The highest BCUT2D eigenvalue weighted by Gasteiger charge is 2.12. The van der Waals surface area contributed by atoms with Gasteiger partial charge in [0.05, 0.1) is 10.2 Å². The fourth-order valence-electron chi connectivity index (χ4n) is 1.87. The Hall–Kier alpha value is -1.17. The first-order valence-electron chi connectivity index (χ1n) is 6.25. The Morgan fingerprint density at radius 3 is 2.52 bits per heavy atom. The van der Waals surface area contributed by atoms with Crippen LogP contribution < -0.4 is 11.1 Å². The number of halogens is 3. The van der Waals surface area contributed by atoms with Crippen molar-refractivity contribution in [1.29, 1.82) is 0 Å². The van der Waals surface area contributed by atoms with Gasteiger partial charge in [0.1, 0.15) is 4.99 Å². The van der Waals surface area contributed by atoms with Crippen molar-refractivity contribution in [3.8, 4) is 0 Å². The SMILES string of the molecule is NC(=S)c1ccc(NCCc2ccc(Cl)cc2)c(F)c1Br. The van der Waals surface area contributed by atoms with E-state index in [-0.39, 0.29) is 9.46 Å². The molecule has 0 unspecified atom stereocenters. The van der Waals surface area contributed by atoms with E-state index in [1.165, 1.54) is 0 Å². The molecule has 0 saturated carbocycles. The molecule has 6 heteroatoms. The van der Waals surface area contributed by atoms with Crippen molar-refractivity contribution in [3.63, 3.8) is 0 Å². The largest absolute Gasteiger partial charge is 0.389 e. The van der Waals surface area contributed by atoms with Crippen molar-refractivity contribution in [3.05, 3.63) is 62.8 Å². The van der Waals surface area contributed by atoms with Gasteiger partial charge in [-0.3, -0.25) is 0 Å². The quantitative estimate of drug-likeness (QED) is 0.740. The molecule has 0 fully saturated rings. The Bertz CT molecular complexity index is 661. The third kappa shape index (κ3) is 4.15. The van der Waals surface area contributed by atoms with Crippen LogP contribution >= 0.6 is 39.7 Å². The topological polar surface area (TPSA) is 38.0 Å². The fourth-order valence-corrected chi connectivity index (χ4v) is 2.86. The number of hydrogen-bond acceptors (Lipinski definition) is 2. The molecule has 0 amide bonds. The molecule has 0 radical (unpaired) electrons. The summed E-state index contributed by atoms with van der Waals surface area (Å²) in [5.41, 5.74) is 7.56. The van der Waals surface area contributed by atoms with E-state index in [0.717, 1.165) is 12.0 Å². The van der Waals surface area contributed by atoms with Crippen LogP contribution in [0.15, 0.2) is 40.9 Å². The van der Waals surface area contributed by atoms with Crippen LogP contribution in [0.25, 0.3) is 0 Å². The summed E-state index contributed by atoms with van der Waals surface area (Å²) in [7, 11) is 0. The molecule has 3 N–H and O–H groups in total. The van der Waals surface area contributed by atoms with E-state index in [4.69, 9.17) is 29.6 Å². The van der Waals surface area contributed by atoms with Crippen LogP contribution in [0.1, 0.15) is 11.1 Å². The summed E-state index contributed by atoms with van der Waals surface area (Å²) in [6.07, 6.45) is 0.769. The second-order valence-electron chi connectivity index (χ2n) is 4.46. The van der Waals surface area contributed by atoms with E-state index in [1.54, 1.807) is 12.1 Å². The Labute approximate surface area is 141 Å². The van der Waals surface area contributed by atoms with Crippen molar-refractivity contribution in [1.82, 2.24) is 0 Å². The van der Waals surface area contributed by atoms with Gasteiger partial charge in [-0.2, -0.15) is 0 Å². The van der Waals surface area contributed by atoms with Crippen LogP contribution in [0.4, 0.5) is 10.1 Å². The van der Waals surface area contributed by atoms with Crippen LogP contribution in [0.3, 0.4) is 0 Å². The number of thiocarbonyl (C=S) groups is 1. The average molecular weight is 388 g/mol. The third-order valence-electron chi connectivity index (χ3n) is 2.99. The van der Waals surface area contributed by atoms with Gasteiger partial charge < -0.3 is 11.1 Å². The van der Waals surface area contributed by atoms with E-state index < -0.39 is 5.82 Å². The summed E-state index contributed by atoms with van der Waals surface area (Å²) in [4.78, 5) is 0.161. The van der Waals surface area contributed by atoms with E-state index in [0.29, 0.717) is 22.8 Å². The molecule has 0 aliphatic heterocycles. The summed E-state index contributed by atoms with van der Waals surface area (Å²) in [6.45, 7) is 0.609. The maximum Gasteiger partial charge on any atom is 0.161 e. The van der Waals surface area contributed by atoms with Gasteiger partial charge >= 0.3 is 0 Å². The van der Waals surface area contributed by atoms with Crippen molar-refractivity contribution < 1.29 is 4.39 Å². The maximum atomic E-state index is 14.2. The van der Waals surface area contributed by atoms with Crippen LogP contribution in [0.2, 0.25) is 5.02 Å². The summed E-state index contributed by atoms with van der Waals surface area (Å²) < 4.78 is 14.4. The number of anilines is 1. The molecule has 21 heavy (non-hydrogen) atoms. The normalized spacial score (nSPS) is 10.4. The zero-order valence-electron chi connectivity index (χ0n) is 11.0. The zero-order chi connectivity index (χ0) is 15.4. The summed E-state index contributed by atoms with van der Waals surface area (Å²) in [5, 5.41) is 3.76. The van der Waals surface area contributed by atoms with E-state index in [2.05, 4.69) is 21.2 Å². The second-order valence-corrected chi connectivity index (χ2v) is 6.13. The van der Waals surface area contributed by atoms with Crippen molar-refractivity contribution in [2.24, 2.45) is 5.73 Å². The molecule has 2 rings (SSSR count). The molecule has 0 aliphatic rings. The zero-order valence-corrected chi connectivity index (χ0v) is 14.2. The monoisotopic (exact) mass is 386 g/mol. The van der Waals surface area contributed by atoms with Gasteiger partial charge in [0.15, 0.2) is 5.82 Å². The van der Waals surface area contributed by atoms with Gasteiger partial charge in [-0.25, -0.2) is 4.39 Å². The highest BCUT2D eigenvalue weighted by Crippen LogP contribution is 2.27. The Kier molecular flexibility index (Phi) is 5.56. The molecular weight excluding hydrogens is 375 g/mol. The second kappa shape index (κ2) is 7.20. The predicted molar refractivity (Wildman–Crippen MR) is 93.6 cm³/mol. The van der Waals surface area contributed by atoms with Crippen LogP contribution in [0.5, 0.6) is 0 Å². The molecule has 2 aromatic carbocycles. The number of nitrogens with two attached hydrogens (primary N) is 1. The molecule has 0 spiro atoms. The minimum absolute atomic E-state index is 0.161. The van der Waals surface area contributed by atoms with Gasteiger partial charge in [0, 0.05) is 17.1 Å². The first-order valence-corrected chi connectivity index (χ1v) is 7.83. The number of nitrogens with one attached hydrogen (secondary N) is 1. The molecule has 0 heterocycles. The first-order chi connectivity index (χ1) is 9.99. The molecule has 0 saturated heterocycles. The van der Waals surface area contributed by atoms with Gasteiger partial charge in [0.2, 0.25) is 0 Å². The van der Waals surface area contributed by atoms with E-state index >= 15 is 0 Å². The highest BCUT2D eigenvalue weighted by atomic mass is 79.9. The predicted octanol–water partition coefficient (Wildman–Crippen LogP) is 4.53. The van der Waals surface area contributed by atoms with Crippen molar-refractivity contribution in [2.45, 2.75) is 6.42 Å². The van der Waals surface area contributed by atoms with Gasteiger partial charge in [-0.15, -0.1) is 0 Å². The van der Waals surface area contributed by atoms with Crippen LogP contribution in [0, 0.1) is 5.82 Å². The summed E-state index contributed by atoms with van der Waals surface area (Å²) in [6, 6.07) is 10.9. The molecule has 0 bridgehead atoms. The lowest BCUT2D eigenvalue weighted by Crippen LogP contribution is -2.12. The number of benzene rings is 2. The van der Waals surface area contributed by atoms with E-state index in [9.17, 15) is 4.39 Å². The lowest BCUT2D eigenvalue weighted by Gasteiger charge is -2.11. The average Bonchev–Trinajstić information content (AvgIpc) is 2.45. The molecule has 0 aliphatic carbocycles. The molecule has 110 valence electrons. The smallest absolute Gasteiger partial charge is 0.161 e. The van der Waals surface area contributed by atoms with Crippen LogP contribution in [-0.2, 0) is 6.42 Å². The first kappa shape index (κ1) is 16.2. The molecule has 2 aromatic rings. The lowest BCUT2D eigenvalue weighted by molar-refractivity contribution is 0.623. The fraction of sp³-hybridized carbons (Fsp3) is 0.133. The van der Waals surface area contributed by atoms with Crippen molar-refractivity contribution >= 4 is 50.4 Å². The third-order valence-corrected chi connectivity index (χ3v) is 4.24. The molecule has 2 nitrogen and oxygen atoms in total.